The Morgan fingerprint density at radius 2 is 1.64 bits per heavy atom. The van der Waals surface area contributed by atoms with Crippen LogP contribution in [0.5, 0.6) is 0 Å². The van der Waals surface area contributed by atoms with Crippen LogP contribution in [0.1, 0.15) is 24.0 Å². The Morgan fingerprint density at radius 3 is 2.19 bits per heavy atom. The van der Waals surface area contributed by atoms with E-state index in [1.54, 1.807) is 54.6 Å². The average Bonchev–Trinajstić information content (AvgIpc) is 3.26. The molecule has 0 saturated carbocycles. The topological polar surface area (TPSA) is 171 Å². The molecule has 12 heteroatoms. The molecule has 11 nitrogen and oxygen atoms in total. The quantitative estimate of drug-likeness (QED) is 0.271. The van der Waals surface area contributed by atoms with Crippen LogP contribution in [0.2, 0.25) is 0 Å². The molecule has 1 fully saturated rings. The summed E-state index contributed by atoms with van der Waals surface area (Å²) in [5.41, 5.74) is -0.928. The van der Waals surface area contributed by atoms with Gasteiger partial charge >= 0.3 is 6.09 Å². The summed E-state index contributed by atoms with van der Waals surface area (Å²) < 4.78 is 37.9. The summed E-state index contributed by atoms with van der Waals surface area (Å²) in [6, 6.07) is 15.0. The van der Waals surface area contributed by atoms with Gasteiger partial charge in [-0.2, -0.15) is 8.42 Å². The molecule has 3 rings (SSSR count). The minimum absolute atomic E-state index is 0.0334. The minimum atomic E-state index is -4.96. The van der Waals surface area contributed by atoms with E-state index < -0.39 is 45.6 Å². The Labute approximate surface area is 209 Å². The normalized spacial score (nSPS) is 17.9. The first kappa shape index (κ1) is 27.1. The van der Waals surface area contributed by atoms with E-state index in [2.05, 4.69) is 16.0 Å². The second kappa shape index (κ2) is 12.5. The van der Waals surface area contributed by atoms with E-state index in [0.29, 0.717) is 18.5 Å². The second-order valence-corrected chi connectivity index (χ2v) is 9.99. The van der Waals surface area contributed by atoms with Crippen LogP contribution in [0.15, 0.2) is 60.7 Å². The molecule has 36 heavy (non-hydrogen) atoms. The van der Waals surface area contributed by atoms with Gasteiger partial charge in [0, 0.05) is 18.9 Å². The van der Waals surface area contributed by atoms with Crippen molar-refractivity contribution < 1.29 is 37.2 Å². The van der Waals surface area contributed by atoms with Crippen molar-refractivity contribution in [1.82, 2.24) is 16.0 Å². The summed E-state index contributed by atoms with van der Waals surface area (Å²) in [5.74, 6) is -1.83. The number of alkyl carbamates (subject to hydrolysis) is 1. The van der Waals surface area contributed by atoms with E-state index in [-0.39, 0.29) is 25.4 Å². The fraction of sp³-hybridized carbons (Fsp3) is 0.375. The first-order valence-corrected chi connectivity index (χ1v) is 12.9. The lowest BCUT2D eigenvalue weighted by Crippen LogP contribution is -2.55. The van der Waals surface area contributed by atoms with E-state index >= 15 is 0 Å². The molecule has 1 heterocycles. The largest absolute Gasteiger partial charge is 0.445 e. The lowest BCUT2D eigenvalue weighted by Gasteiger charge is -2.27. The number of hydrogen-bond acceptors (Lipinski definition) is 7. The zero-order chi connectivity index (χ0) is 26.1. The Kier molecular flexibility index (Phi) is 9.39. The molecular weight excluding hydrogens is 490 g/mol. The number of carbonyl (C=O) groups excluding carboxylic acids is 3. The number of benzene rings is 2. The molecule has 0 spiro atoms. The van der Waals surface area contributed by atoms with Gasteiger partial charge < -0.3 is 25.8 Å². The predicted molar refractivity (Wildman–Crippen MR) is 129 cm³/mol. The predicted octanol–water partition coefficient (Wildman–Crippen LogP) is 0.741. The summed E-state index contributed by atoms with van der Waals surface area (Å²) in [4.78, 5) is 37.6. The first-order chi connectivity index (χ1) is 17.1. The summed E-state index contributed by atoms with van der Waals surface area (Å²) in [5, 5.41) is 17.7. The van der Waals surface area contributed by atoms with Gasteiger partial charge in [0.25, 0.3) is 10.1 Å². The first-order valence-electron chi connectivity index (χ1n) is 11.4. The SMILES string of the molecule is O=C(N[C@@H](Cc1ccccc1)C(=O)N[C@@H](CC1CCNC1=O)C(O)S(=O)(=O)O)OCc1ccccc1. The van der Waals surface area contributed by atoms with Crippen LogP contribution in [-0.2, 0) is 37.5 Å². The van der Waals surface area contributed by atoms with Gasteiger partial charge in [0.05, 0.1) is 6.04 Å². The van der Waals surface area contributed by atoms with Crippen LogP contribution >= 0.6 is 0 Å². The van der Waals surface area contributed by atoms with Gasteiger partial charge in [0.2, 0.25) is 17.3 Å². The molecule has 2 aromatic rings. The van der Waals surface area contributed by atoms with E-state index in [1.807, 2.05) is 6.07 Å². The third-order valence-electron chi connectivity index (χ3n) is 5.78. The maximum atomic E-state index is 13.2. The van der Waals surface area contributed by atoms with Gasteiger partial charge in [0.1, 0.15) is 12.6 Å². The molecule has 3 amide bonds. The van der Waals surface area contributed by atoms with Crippen molar-refractivity contribution >= 4 is 28.0 Å². The molecule has 2 unspecified atom stereocenters. The summed E-state index contributed by atoms with van der Waals surface area (Å²) in [7, 11) is -4.96. The number of aliphatic hydroxyl groups excluding tert-OH is 1. The standard InChI is InChI=1S/C24H29N3O8S/c28-21-18(11-12-25-21)14-20(23(30)36(32,33)34)26-22(29)19(13-16-7-3-1-4-8-16)27-24(31)35-15-17-9-5-2-6-10-17/h1-10,18-20,23,30H,11-15H2,(H,25,28)(H,26,29)(H,27,31)(H,32,33,34)/t18?,19-,20-,23?/m0/s1. The maximum absolute atomic E-state index is 13.2. The molecule has 1 aliphatic rings. The summed E-state index contributed by atoms with van der Waals surface area (Å²) in [6.45, 7) is 0.338. The van der Waals surface area contributed by atoms with Crippen molar-refractivity contribution in [2.24, 2.45) is 5.92 Å². The van der Waals surface area contributed by atoms with E-state index in [9.17, 15) is 32.5 Å². The van der Waals surface area contributed by atoms with Gasteiger partial charge in [-0.15, -0.1) is 0 Å². The lowest BCUT2D eigenvalue weighted by molar-refractivity contribution is -0.126. The second-order valence-electron chi connectivity index (χ2n) is 8.48. The molecule has 0 aliphatic carbocycles. The highest BCUT2D eigenvalue weighted by molar-refractivity contribution is 7.86. The number of hydrogen-bond donors (Lipinski definition) is 5. The fourth-order valence-electron chi connectivity index (χ4n) is 3.88. The number of rotatable bonds is 11. The van der Waals surface area contributed by atoms with Gasteiger partial charge in [-0.05, 0) is 24.0 Å². The smallest absolute Gasteiger partial charge is 0.408 e. The van der Waals surface area contributed by atoms with Crippen LogP contribution in [0.3, 0.4) is 0 Å². The van der Waals surface area contributed by atoms with Gasteiger partial charge in [0.15, 0.2) is 0 Å². The minimum Gasteiger partial charge on any atom is -0.445 e. The number of nitrogens with one attached hydrogen (secondary N) is 3. The van der Waals surface area contributed by atoms with E-state index in [4.69, 9.17) is 4.74 Å². The van der Waals surface area contributed by atoms with Crippen molar-refractivity contribution in [3.05, 3.63) is 71.8 Å². The Bertz CT molecular complexity index is 1140. The zero-order valence-electron chi connectivity index (χ0n) is 19.4. The van der Waals surface area contributed by atoms with E-state index in [0.717, 1.165) is 5.56 Å². The highest BCUT2D eigenvalue weighted by atomic mass is 32.2. The molecule has 0 bridgehead atoms. The average molecular weight is 520 g/mol. The number of ether oxygens (including phenoxy) is 1. The monoisotopic (exact) mass is 519 g/mol. The molecule has 0 aromatic heterocycles. The zero-order valence-corrected chi connectivity index (χ0v) is 20.2. The van der Waals surface area contributed by atoms with Crippen molar-refractivity contribution in [3.8, 4) is 0 Å². The third kappa shape index (κ3) is 8.04. The molecule has 1 aliphatic heterocycles. The lowest BCUT2D eigenvalue weighted by atomic mass is 9.98. The van der Waals surface area contributed by atoms with Crippen LogP contribution in [0.4, 0.5) is 4.79 Å². The molecular formula is C24H29N3O8S. The van der Waals surface area contributed by atoms with Crippen molar-refractivity contribution in [2.75, 3.05) is 6.54 Å². The number of carbonyl (C=O) groups is 3. The van der Waals surface area contributed by atoms with E-state index in [1.165, 1.54) is 0 Å². The Hall–Kier alpha value is -3.48. The molecule has 2 aromatic carbocycles. The summed E-state index contributed by atoms with van der Waals surface area (Å²) >= 11 is 0. The molecule has 5 N–H and O–H groups in total. The van der Waals surface area contributed by atoms with Crippen LogP contribution in [-0.4, -0.2) is 60.0 Å². The van der Waals surface area contributed by atoms with Crippen LogP contribution in [0, 0.1) is 5.92 Å². The number of aliphatic hydroxyl groups is 1. The summed E-state index contributed by atoms with van der Waals surface area (Å²) in [6.07, 6.45) is -0.696. The highest BCUT2D eigenvalue weighted by Crippen LogP contribution is 2.20. The molecule has 4 atom stereocenters. The maximum Gasteiger partial charge on any atom is 0.408 e. The van der Waals surface area contributed by atoms with Crippen molar-refractivity contribution in [2.45, 2.75) is 43.4 Å². The van der Waals surface area contributed by atoms with Gasteiger partial charge in [-0.1, -0.05) is 60.7 Å². The Balaban J connectivity index is 1.74. The van der Waals surface area contributed by atoms with Gasteiger partial charge in [-0.25, -0.2) is 4.79 Å². The molecule has 194 valence electrons. The molecule has 0 radical (unpaired) electrons. The Morgan fingerprint density at radius 1 is 1.03 bits per heavy atom. The third-order valence-corrected chi connectivity index (χ3v) is 6.72. The number of amides is 3. The van der Waals surface area contributed by atoms with Crippen LogP contribution in [0.25, 0.3) is 0 Å². The highest BCUT2D eigenvalue weighted by Gasteiger charge is 2.37. The van der Waals surface area contributed by atoms with Crippen molar-refractivity contribution in [1.29, 1.82) is 0 Å². The van der Waals surface area contributed by atoms with Crippen molar-refractivity contribution in [3.63, 3.8) is 0 Å². The molecule has 1 saturated heterocycles. The van der Waals surface area contributed by atoms with Crippen LogP contribution < -0.4 is 16.0 Å². The van der Waals surface area contributed by atoms with Gasteiger partial charge in [-0.3, -0.25) is 14.1 Å². The fourth-order valence-corrected chi connectivity index (χ4v) is 4.47.